The van der Waals surface area contributed by atoms with E-state index in [0.717, 1.165) is 19.3 Å². The Morgan fingerprint density at radius 2 is 2.11 bits per heavy atom. The molecule has 2 fully saturated rings. The van der Waals surface area contributed by atoms with E-state index in [2.05, 4.69) is 0 Å². The molecule has 3 atom stereocenters. The second-order valence-electron chi connectivity index (χ2n) is 5.77. The van der Waals surface area contributed by atoms with Crippen LogP contribution in [-0.2, 0) is 19.6 Å². The Morgan fingerprint density at radius 1 is 1.37 bits per heavy atom. The Labute approximate surface area is 115 Å². The fourth-order valence-corrected chi connectivity index (χ4v) is 4.03. The standard InChI is InChI=1S/C13H23NO4S/c1-10-12(5-7-18-10)13(15)8-11-4-3-6-14(9-11)19(2,16)17/h10-12H,3-9H2,1-2H3. The molecule has 2 rings (SSSR count). The molecule has 2 saturated heterocycles. The van der Waals surface area contributed by atoms with Crippen molar-refractivity contribution < 1.29 is 17.9 Å². The number of nitrogens with zero attached hydrogens (tertiary/aromatic N) is 1. The highest BCUT2D eigenvalue weighted by molar-refractivity contribution is 7.88. The van der Waals surface area contributed by atoms with E-state index in [1.165, 1.54) is 10.6 Å². The minimum atomic E-state index is -3.13. The van der Waals surface area contributed by atoms with Crippen molar-refractivity contribution in [2.75, 3.05) is 26.0 Å². The molecule has 19 heavy (non-hydrogen) atoms. The van der Waals surface area contributed by atoms with Gasteiger partial charge in [0.15, 0.2) is 0 Å². The third-order valence-electron chi connectivity index (χ3n) is 4.23. The second kappa shape index (κ2) is 5.89. The van der Waals surface area contributed by atoms with Gasteiger partial charge in [0.1, 0.15) is 5.78 Å². The summed E-state index contributed by atoms with van der Waals surface area (Å²) in [5.74, 6) is 0.419. The van der Waals surface area contributed by atoms with Crippen molar-refractivity contribution in [3.8, 4) is 0 Å². The smallest absolute Gasteiger partial charge is 0.211 e. The fraction of sp³-hybridized carbons (Fsp3) is 0.923. The number of piperidine rings is 1. The molecule has 6 heteroatoms. The summed E-state index contributed by atoms with van der Waals surface area (Å²) in [6.07, 6.45) is 4.35. The van der Waals surface area contributed by atoms with Crippen LogP contribution in [0.5, 0.6) is 0 Å². The Hall–Kier alpha value is -0.460. The lowest BCUT2D eigenvalue weighted by atomic mass is 9.87. The van der Waals surface area contributed by atoms with Crippen molar-refractivity contribution in [1.82, 2.24) is 4.31 Å². The lowest BCUT2D eigenvalue weighted by Crippen LogP contribution is -2.40. The van der Waals surface area contributed by atoms with Gasteiger partial charge in [-0.25, -0.2) is 12.7 Å². The van der Waals surface area contributed by atoms with Gasteiger partial charge in [-0.15, -0.1) is 0 Å². The zero-order valence-corrected chi connectivity index (χ0v) is 12.5. The van der Waals surface area contributed by atoms with Crippen molar-refractivity contribution in [3.05, 3.63) is 0 Å². The van der Waals surface area contributed by atoms with Gasteiger partial charge in [0.2, 0.25) is 10.0 Å². The maximum absolute atomic E-state index is 12.2. The second-order valence-corrected chi connectivity index (χ2v) is 7.75. The Bertz CT molecular complexity index is 434. The molecule has 0 radical (unpaired) electrons. The molecule has 0 aromatic rings. The zero-order chi connectivity index (χ0) is 14.0. The fourth-order valence-electron chi connectivity index (χ4n) is 3.09. The predicted molar refractivity (Wildman–Crippen MR) is 72.3 cm³/mol. The number of hydrogen-bond donors (Lipinski definition) is 0. The lowest BCUT2D eigenvalue weighted by Gasteiger charge is -2.31. The van der Waals surface area contributed by atoms with Crippen LogP contribution in [0.2, 0.25) is 0 Å². The highest BCUT2D eigenvalue weighted by Crippen LogP contribution is 2.27. The number of sulfonamides is 1. The molecule has 0 aliphatic carbocycles. The van der Waals surface area contributed by atoms with Crippen LogP contribution in [0, 0.1) is 11.8 Å². The van der Waals surface area contributed by atoms with Gasteiger partial charge >= 0.3 is 0 Å². The van der Waals surface area contributed by atoms with Crippen molar-refractivity contribution in [2.45, 2.75) is 38.7 Å². The molecule has 2 aliphatic rings. The number of ether oxygens (including phenoxy) is 1. The number of carbonyl (C=O) groups is 1. The number of carbonyl (C=O) groups excluding carboxylic acids is 1. The minimum Gasteiger partial charge on any atom is -0.378 e. The largest absolute Gasteiger partial charge is 0.378 e. The van der Waals surface area contributed by atoms with E-state index in [9.17, 15) is 13.2 Å². The summed E-state index contributed by atoms with van der Waals surface area (Å²) in [4.78, 5) is 12.2. The SMILES string of the molecule is CC1OCCC1C(=O)CC1CCCN(S(C)(=O)=O)C1. The van der Waals surface area contributed by atoms with Gasteiger partial charge in [0, 0.05) is 32.0 Å². The summed E-state index contributed by atoms with van der Waals surface area (Å²) in [5, 5.41) is 0. The zero-order valence-electron chi connectivity index (χ0n) is 11.7. The molecular formula is C13H23NO4S. The van der Waals surface area contributed by atoms with E-state index in [0.29, 0.717) is 26.1 Å². The van der Waals surface area contributed by atoms with Gasteiger partial charge in [-0.1, -0.05) is 0 Å². The summed E-state index contributed by atoms with van der Waals surface area (Å²) in [6, 6.07) is 0. The summed E-state index contributed by atoms with van der Waals surface area (Å²) < 4.78 is 30.0. The van der Waals surface area contributed by atoms with E-state index >= 15 is 0 Å². The van der Waals surface area contributed by atoms with Crippen LogP contribution >= 0.6 is 0 Å². The minimum absolute atomic E-state index is 0.00797. The maximum atomic E-state index is 12.2. The van der Waals surface area contributed by atoms with Crippen LogP contribution < -0.4 is 0 Å². The molecular weight excluding hydrogens is 266 g/mol. The number of ketones is 1. The van der Waals surface area contributed by atoms with Gasteiger partial charge in [0.05, 0.1) is 12.4 Å². The van der Waals surface area contributed by atoms with E-state index < -0.39 is 10.0 Å². The molecule has 0 aromatic carbocycles. The van der Waals surface area contributed by atoms with Crippen molar-refractivity contribution in [2.24, 2.45) is 11.8 Å². The molecule has 2 aliphatic heterocycles. The monoisotopic (exact) mass is 289 g/mol. The van der Waals surface area contributed by atoms with Crippen molar-refractivity contribution >= 4 is 15.8 Å². The average molecular weight is 289 g/mol. The quantitative estimate of drug-likeness (QED) is 0.776. The first-order valence-corrected chi connectivity index (χ1v) is 8.82. The Balaban J connectivity index is 1.90. The lowest BCUT2D eigenvalue weighted by molar-refractivity contribution is -0.125. The average Bonchev–Trinajstić information content (AvgIpc) is 2.75. The molecule has 0 aromatic heterocycles. The van der Waals surface area contributed by atoms with E-state index in [1.807, 2.05) is 6.92 Å². The number of rotatable bonds is 4. The molecule has 5 nitrogen and oxygen atoms in total. The first-order valence-electron chi connectivity index (χ1n) is 6.97. The molecule has 2 heterocycles. The summed E-state index contributed by atoms with van der Waals surface area (Å²) in [7, 11) is -3.13. The maximum Gasteiger partial charge on any atom is 0.211 e. The van der Waals surface area contributed by atoms with Gasteiger partial charge in [-0.2, -0.15) is 0 Å². The van der Waals surface area contributed by atoms with Crippen molar-refractivity contribution in [1.29, 1.82) is 0 Å². The number of Topliss-reactive ketones (excluding diaryl/α,β-unsaturated/α-hetero) is 1. The highest BCUT2D eigenvalue weighted by atomic mass is 32.2. The Morgan fingerprint density at radius 3 is 2.68 bits per heavy atom. The third kappa shape index (κ3) is 3.77. The van der Waals surface area contributed by atoms with Crippen LogP contribution in [0.3, 0.4) is 0 Å². The highest BCUT2D eigenvalue weighted by Gasteiger charge is 2.33. The molecule has 0 bridgehead atoms. The van der Waals surface area contributed by atoms with Gasteiger partial charge in [-0.3, -0.25) is 4.79 Å². The molecule has 3 unspecified atom stereocenters. The van der Waals surface area contributed by atoms with E-state index in [4.69, 9.17) is 4.74 Å². The molecule has 110 valence electrons. The third-order valence-corrected chi connectivity index (χ3v) is 5.50. The van der Waals surface area contributed by atoms with Crippen LogP contribution in [0.4, 0.5) is 0 Å². The Kier molecular flexibility index (Phi) is 4.63. The predicted octanol–water partition coefficient (Wildman–Crippen LogP) is 1.04. The molecule has 0 spiro atoms. The van der Waals surface area contributed by atoms with Crippen LogP contribution in [-0.4, -0.2) is 50.6 Å². The molecule has 0 amide bonds. The van der Waals surface area contributed by atoms with Crippen molar-refractivity contribution in [3.63, 3.8) is 0 Å². The number of hydrogen-bond acceptors (Lipinski definition) is 4. The molecule has 0 N–H and O–H groups in total. The summed E-state index contributed by atoms with van der Waals surface area (Å²) >= 11 is 0. The first kappa shape index (κ1) is 14.9. The van der Waals surface area contributed by atoms with Gasteiger partial charge < -0.3 is 4.74 Å². The van der Waals surface area contributed by atoms with Crippen LogP contribution in [0.25, 0.3) is 0 Å². The summed E-state index contributed by atoms with van der Waals surface area (Å²) in [6.45, 7) is 3.69. The van der Waals surface area contributed by atoms with Gasteiger partial charge in [-0.05, 0) is 32.1 Å². The van der Waals surface area contributed by atoms with E-state index in [-0.39, 0.29) is 23.7 Å². The normalized spacial score (nSPS) is 33.5. The van der Waals surface area contributed by atoms with Gasteiger partial charge in [0.25, 0.3) is 0 Å². The van der Waals surface area contributed by atoms with Crippen LogP contribution in [0.15, 0.2) is 0 Å². The van der Waals surface area contributed by atoms with Crippen LogP contribution in [0.1, 0.15) is 32.6 Å². The first-order chi connectivity index (χ1) is 8.88. The van der Waals surface area contributed by atoms with E-state index in [1.54, 1.807) is 0 Å². The topological polar surface area (TPSA) is 63.7 Å². The molecule has 0 saturated carbocycles. The summed E-state index contributed by atoms with van der Waals surface area (Å²) in [5.41, 5.74) is 0.